The summed E-state index contributed by atoms with van der Waals surface area (Å²) in [5, 5.41) is 4.86. The zero-order valence-electron chi connectivity index (χ0n) is 10.2. The fourth-order valence-electron chi connectivity index (χ4n) is 1.64. The number of aromatic nitrogens is 2. The lowest BCUT2D eigenvalue weighted by atomic mass is 10.2. The van der Waals surface area contributed by atoms with Gasteiger partial charge in [-0.05, 0) is 19.1 Å². The van der Waals surface area contributed by atoms with Gasteiger partial charge in [-0.25, -0.2) is 4.79 Å². The number of nitrogens with zero attached hydrogens (tertiary/aromatic N) is 2. The molecule has 4 nitrogen and oxygen atoms in total. The third kappa shape index (κ3) is 2.46. The average Bonchev–Trinajstić information content (AvgIpc) is 2.65. The zero-order chi connectivity index (χ0) is 13.1. The molecule has 0 unspecified atom stereocenters. The molecule has 0 radical (unpaired) electrons. The molecular weight excluding hydrogens is 296 g/mol. The van der Waals surface area contributed by atoms with Crippen LogP contribution in [-0.2, 0) is 12.4 Å². The third-order valence-electron chi connectivity index (χ3n) is 2.71. The molecule has 1 aromatic heterocycles. The number of alkyl halides is 1. The van der Waals surface area contributed by atoms with Crippen LogP contribution in [0, 0.1) is 6.92 Å². The molecule has 0 bridgehead atoms. The number of carbonyl (C=O) groups is 1. The molecule has 2 rings (SSSR count). The third-order valence-corrected chi connectivity index (χ3v) is 3.24. The average molecular weight is 309 g/mol. The van der Waals surface area contributed by atoms with Crippen molar-refractivity contribution in [3.8, 4) is 5.88 Å². The standard InChI is InChI=1S/C13H13BrN2O2/c1-9-11(8-14)16(2)15-12(9)18-13(17)10-6-4-3-5-7-10/h3-7H,8H2,1-2H3. The molecule has 0 amide bonds. The second kappa shape index (κ2) is 5.35. The Kier molecular flexibility index (Phi) is 3.81. The molecule has 2 aromatic rings. The van der Waals surface area contributed by atoms with E-state index in [1.54, 1.807) is 28.9 Å². The van der Waals surface area contributed by atoms with Crippen molar-refractivity contribution in [1.29, 1.82) is 0 Å². The molecule has 0 saturated carbocycles. The number of halogens is 1. The predicted molar refractivity (Wildman–Crippen MR) is 72.0 cm³/mol. The van der Waals surface area contributed by atoms with Crippen molar-refractivity contribution in [3.63, 3.8) is 0 Å². The minimum atomic E-state index is -0.391. The van der Waals surface area contributed by atoms with Crippen LogP contribution < -0.4 is 4.74 Å². The van der Waals surface area contributed by atoms with Gasteiger partial charge in [0, 0.05) is 17.9 Å². The van der Waals surface area contributed by atoms with E-state index in [1.807, 2.05) is 20.0 Å². The molecule has 0 fully saturated rings. The van der Waals surface area contributed by atoms with Crippen molar-refractivity contribution in [3.05, 3.63) is 47.2 Å². The molecule has 0 aliphatic heterocycles. The lowest BCUT2D eigenvalue weighted by molar-refractivity contribution is 0.0725. The molecule has 18 heavy (non-hydrogen) atoms. The molecule has 0 atom stereocenters. The van der Waals surface area contributed by atoms with Gasteiger partial charge in [-0.2, -0.15) is 0 Å². The summed E-state index contributed by atoms with van der Waals surface area (Å²) in [5.41, 5.74) is 2.38. The second-order valence-corrected chi connectivity index (χ2v) is 4.45. The molecule has 0 N–H and O–H groups in total. The van der Waals surface area contributed by atoms with Crippen LogP contribution in [0.15, 0.2) is 30.3 Å². The summed E-state index contributed by atoms with van der Waals surface area (Å²) in [4.78, 5) is 11.9. The van der Waals surface area contributed by atoms with E-state index >= 15 is 0 Å². The summed E-state index contributed by atoms with van der Waals surface area (Å²) in [7, 11) is 1.82. The summed E-state index contributed by atoms with van der Waals surface area (Å²) >= 11 is 3.38. The van der Waals surface area contributed by atoms with Gasteiger partial charge in [0.05, 0.1) is 11.3 Å². The van der Waals surface area contributed by atoms with E-state index < -0.39 is 5.97 Å². The number of ether oxygens (including phenoxy) is 1. The summed E-state index contributed by atoms with van der Waals surface area (Å²) in [6, 6.07) is 8.88. The first-order valence-corrected chi connectivity index (χ1v) is 6.61. The minimum absolute atomic E-state index is 0.362. The van der Waals surface area contributed by atoms with Crippen LogP contribution in [0.5, 0.6) is 5.88 Å². The van der Waals surface area contributed by atoms with Gasteiger partial charge < -0.3 is 4.74 Å². The van der Waals surface area contributed by atoms with Crippen molar-refractivity contribution in [2.75, 3.05) is 0 Å². The molecule has 5 heteroatoms. The fraction of sp³-hybridized carbons (Fsp3) is 0.231. The predicted octanol–water partition coefficient (Wildman–Crippen LogP) is 2.84. The van der Waals surface area contributed by atoms with Crippen molar-refractivity contribution in [1.82, 2.24) is 9.78 Å². The Morgan fingerprint density at radius 2 is 2.06 bits per heavy atom. The Labute approximate surface area is 114 Å². The van der Waals surface area contributed by atoms with Gasteiger partial charge in [0.1, 0.15) is 0 Å². The molecular formula is C13H13BrN2O2. The number of aryl methyl sites for hydroxylation is 1. The maximum absolute atomic E-state index is 11.9. The van der Waals surface area contributed by atoms with Crippen molar-refractivity contribution in [2.24, 2.45) is 7.05 Å². The molecule has 0 aliphatic rings. The van der Waals surface area contributed by atoms with E-state index in [0.29, 0.717) is 16.8 Å². The van der Waals surface area contributed by atoms with Gasteiger partial charge in [0.2, 0.25) is 5.88 Å². The molecule has 0 spiro atoms. The quantitative estimate of drug-likeness (QED) is 0.647. The van der Waals surface area contributed by atoms with Gasteiger partial charge in [0.15, 0.2) is 0 Å². The Balaban J connectivity index is 2.23. The Morgan fingerprint density at radius 1 is 1.39 bits per heavy atom. The largest absolute Gasteiger partial charge is 0.402 e. The van der Waals surface area contributed by atoms with Crippen LogP contribution >= 0.6 is 15.9 Å². The monoisotopic (exact) mass is 308 g/mol. The molecule has 94 valence electrons. The van der Waals surface area contributed by atoms with Crippen LogP contribution in [0.4, 0.5) is 0 Å². The Morgan fingerprint density at radius 3 is 2.61 bits per heavy atom. The van der Waals surface area contributed by atoms with Crippen LogP contribution in [0.2, 0.25) is 0 Å². The van der Waals surface area contributed by atoms with Gasteiger partial charge in [-0.15, -0.1) is 5.10 Å². The number of benzene rings is 1. The SMILES string of the molecule is Cc1c(OC(=O)c2ccccc2)nn(C)c1CBr. The van der Waals surface area contributed by atoms with E-state index in [0.717, 1.165) is 11.3 Å². The Bertz CT molecular complexity index is 564. The highest BCUT2D eigenvalue weighted by atomic mass is 79.9. The molecule has 0 saturated heterocycles. The van der Waals surface area contributed by atoms with Crippen LogP contribution in [-0.4, -0.2) is 15.7 Å². The molecule has 1 heterocycles. The second-order valence-electron chi connectivity index (χ2n) is 3.89. The first-order chi connectivity index (χ1) is 8.63. The Hall–Kier alpha value is -1.62. The first kappa shape index (κ1) is 12.8. The summed E-state index contributed by atoms with van der Waals surface area (Å²) in [5.74, 6) is -0.0290. The van der Waals surface area contributed by atoms with Crippen LogP contribution in [0.1, 0.15) is 21.6 Å². The summed E-state index contributed by atoms with van der Waals surface area (Å²) in [6.07, 6.45) is 0. The van der Waals surface area contributed by atoms with Crippen molar-refractivity contribution in [2.45, 2.75) is 12.3 Å². The lowest BCUT2D eigenvalue weighted by Gasteiger charge is -2.01. The smallest absolute Gasteiger partial charge is 0.344 e. The van der Waals surface area contributed by atoms with Crippen molar-refractivity contribution < 1.29 is 9.53 Å². The van der Waals surface area contributed by atoms with Crippen LogP contribution in [0.3, 0.4) is 0 Å². The van der Waals surface area contributed by atoms with Gasteiger partial charge in [-0.1, -0.05) is 34.1 Å². The highest BCUT2D eigenvalue weighted by molar-refractivity contribution is 9.08. The van der Waals surface area contributed by atoms with E-state index in [2.05, 4.69) is 21.0 Å². The number of carbonyl (C=O) groups excluding carboxylic acids is 1. The maximum atomic E-state index is 11.9. The van der Waals surface area contributed by atoms with Crippen molar-refractivity contribution >= 4 is 21.9 Å². The summed E-state index contributed by atoms with van der Waals surface area (Å²) < 4.78 is 7.01. The highest BCUT2D eigenvalue weighted by Crippen LogP contribution is 2.22. The summed E-state index contributed by atoms with van der Waals surface area (Å²) in [6.45, 7) is 1.89. The van der Waals surface area contributed by atoms with Crippen LogP contribution in [0.25, 0.3) is 0 Å². The number of hydrogen-bond acceptors (Lipinski definition) is 3. The molecule has 1 aromatic carbocycles. The van der Waals surface area contributed by atoms with Gasteiger partial charge in [0.25, 0.3) is 0 Å². The fourth-order valence-corrected chi connectivity index (χ4v) is 2.43. The van der Waals surface area contributed by atoms with Gasteiger partial charge in [-0.3, -0.25) is 4.68 Å². The van der Waals surface area contributed by atoms with E-state index in [-0.39, 0.29) is 0 Å². The number of rotatable bonds is 3. The highest BCUT2D eigenvalue weighted by Gasteiger charge is 2.16. The topological polar surface area (TPSA) is 44.1 Å². The first-order valence-electron chi connectivity index (χ1n) is 5.49. The lowest BCUT2D eigenvalue weighted by Crippen LogP contribution is -2.09. The van der Waals surface area contributed by atoms with E-state index in [4.69, 9.17) is 4.74 Å². The normalized spacial score (nSPS) is 10.4. The minimum Gasteiger partial charge on any atom is -0.402 e. The number of esters is 1. The maximum Gasteiger partial charge on any atom is 0.344 e. The van der Waals surface area contributed by atoms with E-state index in [9.17, 15) is 4.79 Å². The van der Waals surface area contributed by atoms with Gasteiger partial charge >= 0.3 is 5.97 Å². The molecule has 0 aliphatic carbocycles. The van der Waals surface area contributed by atoms with E-state index in [1.165, 1.54) is 0 Å². The zero-order valence-corrected chi connectivity index (χ0v) is 11.8. The number of hydrogen-bond donors (Lipinski definition) is 0.